The van der Waals surface area contributed by atoms with E-state index in [1.165, 1.54) is 88.0 Å². The third-order valence-corrected chi connectivity index (χ3v) is 17.2. The number of unbranched alkanes of at least 4 members (excludes halogenated alkanes) is 15. The number of imidazole rings is 1. The quantitative estimate of drug-likeness (QED) is 0.0403. The second kappa shape index (κ2) is 22.3. The summed E-state index contributed by atoms with van der Waals surface area (Å²) in [5.74, 6) is 0. The first-order chi connectivity index (χ1) is 39.9. The molecule has 0 saturated carbocycles. The van der Waals surface area contributed by atoms with Gasteiger partial charge in [0.2, 0.25) is 0 Å². The van der Waals surface area contributed by atoms with Crippen molar-refractivity contribution in [1.29, 1.82) is 5.26 Å². The zero-order valence-electron chi connectivity index (χ0n) is 46.0. The highest BCUT2D eigenvalue weighted by Crippen LogP contribution is 2.44. The van der Waals surface area contributed by atoms with Crippen LogP contribution in [-0.2, 0) is 6.54 Å². The Bertz CT molecular complexity index is 4700. The summed E-state index contributed by atoms with van der Waals surface area (Å²) in [5, 5.41) is 17.5. The van der Waals surface area contributed by atoms with Gasteiger partial charge < -0.3 is 4.42 Å². The van der Waals surface area contributed by atoms with Crippen LogP contribution in [0.1, 0.15) is 115 Å². The van der Waals surface area contributed by atoms with Crippen LogP contribution in [0.4, 0.5) is 0 Å². The van der Waals surface area contributed by atoms with Crippen molar-refractivity contribution in [3.63, 3.8) is 0 Å². The molecule has 0 amide bonds. The molecule has 0 spiro atoms. The topological polar surface area (TPSA) is 110 Å². The SMILES string of the molecule is CCCCCCCCCCCCCCCCCCn1c(=O)c2ccc3oc4ccccc4c4cc(-c5ccc(-c6cc(-c7ccccc7)cc7c6nc6c8ccc(-c9ccccc9)c9c(C#N)ccc(c(=O)n76)c98)cc5)c(c1=O)c2c34. The van der Waals surface area contributed by atoms with Gasteiger partial charge in [-0.1, -0.05) is 212 Å². The molecule has 4 aromatic heterocycles. The predicted molar refractivity (Wildman–Crippen MR) is 335 cm³/mol. The Kier molecular flexibility index (Phi) is 14.2. The van der Waals surface area contributed by atoms with Gasteiger partial charge in [-0.25, -0.2) is 4.98 Å². The van der Waals surface area contributed by atoms with Gasteiger partial charge in [-0.3, -0.25) is 23.4 Å². The van der Waals surface area contributed by atoms with Crippen LogP contribution in [0.5, 0.6) is 0 Å². The molecule has 8 nitrogen and oxygen atoms in total. The van der Waals surface area contributed by atoms with Gasteiger partial charge in [-0.15, -0.1) is 0 Å². The zero-order valence-corrected chi connectivity index (χ0v) is 46.0. The molecule has 400 valence electrons. The minimum atomic E-state index is -0.283. The fraction of sp³-hybridized carbons (Fsp3) is 0.247. The Hall–Kier alpha value is -8.93. The van der Waals surface area contributed by atoms with E-state index >= 15 is 9.59 Å². The van der Waals surface area contributed by atoms with E-state index in [0.29, 0.717) is 55.9 Å². The lowest BCUT2D eigenvalue weighted by Gasteiger charge is -2.17. The van der Waals surface area contributed by atoms with Crippen molar-refractivity contribution in [2.45, 2.75) is 116 Å². The summed E-state index contributed by atoms with van der Waals surface area (Å²) in [6.07, 6.45) is 20.0. The Balaban J connectivity index is 0.875. The van der Waals surface area contributed by atoms with Crippen molar-refractivity contribution >= 4 is 81.7 Å². The van der Waals surface area contributed by atoms with Gasteiger partial charge >= 0.3 is 0 Å². The largest absolute Gasteiger partial charge is 0.456 e. The summed E-state index contributed by atoms with van der Waals surface area (Å²) in [4.78, 5) is 50.3. The fourth-order valence-electron chi connectivity index (χ4n) is 13.1. The van der Waals surface area contributed by atoms with Crippen LogP contribution in [0, 0.1) is 11.3 Å². The molecule has 4 heterocycles. The zero-order chi connectivity index (χ0) is 55.0. The van der Waals surface area contributed by atoms with Crippen LogP contribution in [0.3, 0.4) is 0 Å². The normalized spacial score (nSPS) is 12.0. The monoisotopic (exact) mass is 1060 g/mol. The van der Waals surface area contributed by atoms with E-state index in [0.717, 1.165) is 102 Å². The molecular formula is C73H64N4O4. The highest BCUT2D eigenvalue weighted by molar-refractivity contribution is 6.29. The van der Waals surface area contributed by atoms with Gasteiger partial charge in [-0.2, -0.15) is 5.26 Å². The number of fused-ring (bicyclic) bond motifs is 6. The smallest absolute Gasteiger partial charge is 0.264 e. The molecule has 0 aliphatic rings. The molecule has 0 saturated heterocycles. The van der Waals surface area contributed by atoms with Crippen molar-refractivity contribution in [3.8, 4) is 50.6 Å². The number of nitrogens with zero attached hydrogens (tertiary/aromatic N) is 4. The number of rotatable bonds is 21. The minimum absolute atomic E-state index is 0.207. The highest BCUT2D eigenvalue weighted by Gasteiger charge is 2.25. The second-order valence-electron chi connectivity index (χ2n) is 22.3. The summed E-state index contributed by atoms with van der Waals surface area (Å²) < 4.78 is 9.72. The number of hydrogen-bond acceptors (Lipinski definition) is 6. The third-order valence-electron chi connectivity index (χ3n) is 17.2. The van der Waals surface area contributed by atoms with Gasteiger partial charge in [0.1, 0.15) is 16.8 Å². The maximum absolute atomic E-state index is 15.2. The van der Waals surface area contributed by atoms with Crippen molar-refractivity contribution in [1.82, 2.24) is 14.0 Å². The lowest BCUT2D eigenvalue weighted by Crippen LogP contribution is -2.33. The molecule has 0 aliphatic carbocycles. The molecule has 13 rings (SSSR count). The average Bonchev–Trinajstić information content (AvgIpc) is 3.62. The number of para-hydroxylation sites is 1. The number of nitriles is 1. The molecule has 8 heteroatoms. The molecule has 0 radical (unpaired) electrons. The number of benzene rings is 9. The molecule has 0 N–H and O–H groups in total. The fourth-order valence-corrected chi connectivity index (χ4v) is 13.1. The number of pyridine rings is 2. The molecule has 0 aliphatic heterocycles. The summed E-state index contributed by atoms with van der Waals surface area (Å²) in [5.41, 5.74) is 10.00. The Morgan fingerprint density at radius 1 is 0.420 bits per heavy atom. The highest BCUT2D eigenvalue weighted by atomic mass is 16.3. The van der Waals surface area contributed by atoms with Crippen molar-refractivity contribution < 1.29 is 4.42 Å². The van der Waals surface area contributed by atoms with Gasteiger partial charge in [0.25, 0.3) is 16.7 Å². The number of aromatic nitrogens is 3. The maximum Gasteiger partial charge on any atom is 0.264 e. The van der Waals surface area contributed by atoms with E-state index in [9.17, 15) is 10.1 Å². The molecule has 0 atom stereocenters. The average molecular weight is 1060 g/mol. The molecule has 0 bridgehead atoms. The Morgan fingerprint density at radius 2 is 1.00 bits per heavy atom. The first kappa shape index (κ1) is 51.5. The summed E-state index contributed by atoms with van der Waals surface area (Å²) in [6.45, 7) is 2.63. The van der Waals surface area contributed by atoms with E-state index in [4.69, 9.17) is 9.40 Å². The van der Waals surface area contributed by atoms with E-state index in [1.54, 1.807) is 16.5 Å². The maximum atomic E-state index is 15.2. The van der Waals surface area contributed by atoms with Gasteiger partial charge in [0.15, 0.2) is 0 Å². The predicted octanol–water partition coefficient (Wildman–Crippen LogP) is 18.6. The van der Waals surface area contributed by atoms with Crippen LogP contribution in [0.2, 0.25) is 0 Å². The molecule has 13 aromatic rings. The van der Waals surface area contributed by atoms with E-state index < -0.39 is 0 Å². The van der Waals surface area contributed by atoms with Crippen LogP contribution in [0.15, 0.2) is 183 Å². The number of hydrogen-bond donors (Lipinski definition) is 0. The van der Waals surface area contributed by atoms with Crippen LogP contribution >= 0.6 is 0 Å². The van der Waals surface area contributed by atoms with Gasteiger partial charge in [0.05, 0.1) is 28.1 Å². The van der Waals surface area contributed by atoms with Crippen LogP contribution in [0.25, 0.3) is 126 Å². The van der Waals surface area contributed by atoms with Crippen molar-refractivity contribution in [2.24, 2.45) is 0 Å². The van der Waals surface area contributed by atoms with E-state index in [1.807, 2.05) is 97.1 Å². The standard InChI is InChI=1S/C73H64N4O4/c1-2-3-4-5-6-7-8-9-10-11-12-13-14-15-16-25-42-76-71(78)57-40-41-63-66-60(54-30-23-24-31-62(54)81-63)45-58(68(67(57)66)73(76)80)49-32-34-50(35-33-49)59-43-52(47-26-19-17-20-27-47)44-61-69(59)75-70-55-39-38-53(48-28-21-18-22-29-48)64-51(46-74)36-37-56(65(55)64)72(79)77(61)70/h17-24,26-41,43-45H,2-16,25,42H2,1H3. The molecule has 9 aromatic carbocycles. The molecule has 0 fully saturated rings. The molecule has 0 unspecified atom stereocenters. The molecule has 81 heavy (non-hydrogen) atoms. The lowest BCUT2D eigenvalue weighted by molar-refractivity contribution is 0.517. The first-order valence-electron chi connectivity index (χ1n) is 29.5. The first-order valence-corrected chi connectivity index (χ1v) is 29.5. The summed E-state index contributed by atoms with van der Waals surface area (Å²) >= 11 is 0. The summed E-state index contributed by atoms with van der Waals surface area (Å²) in [6, 6.07) is 56.4. The minimum Gasteiger partial charge on any atom is -0.456 e. The van der Waals surface area contributed by atoms with Gasteiger partial charge in [0, 0.05) is 55.2 Å². The van der Waals surface area contributed by atoms with Gasteiger partial charge in [-0.05, 0) is 105 Å². The second-order valence-corrected chi connectivity index (χ2v) is 22.3. The molecular weight excluding hydrogens is 997 g/mol. The Labute approximate surface area is 470 Å². The van der Waals surface area contributed by atoms with Crippen LogP contribution < -0.4 is 16.7 Å². The Morgan fingerprint density at radius 3 is 1.68 bits per heavy atom. The summed E-state index contributed by atoms with van der Waals surface area (Å²) in [7, 11) is 0. The van der Waals surface area contributed by atoms with Crippen molar-refractivity contribution in [2.75, 3.05) is 0 Å². The van der Waals surface area contributed by atoms with Crippen molar-refractivity contribution in [3.05, 3.63) is 200 Å². The van der Waals surface area contributed by atoms with Crippen LogP contribution in [-0.4, -0.2) is 14.0 Å². The third kappa shape index (κ3) is 9.29. The lowest BCUT2D eigenvalue weighted by atomic mass is 9.89. The van der Waals surface area contributed by atoms with E-state index in [-0.39, 0.29) is 16.7 Å². The van der Waals surface area contributed by atoms with E-state index in [2.05, 4.69) is 67.6 Å².